The Morgan fingerprint density at radius 2 is 1.78 bits per heavy atom. The maximum Gasteiger partial charge on any atom is 0.349 e. The first kappa shape index (κ1) is 15.4. The second kappa shape index (κ2) is 6.71. The Labute approximate surface area is 139 Å². The van der Waals surface area contributed by atoms with Crippen molar-refractivity contribution >= 4 is 28.3 Å². The topological polar surface area (TPSA) is 35.5 Å². The largest absolute Gasteiger partial charge is 0.480 e. The van der Waals surface area contributed by atoms with Gasteiger partial charge in [-0.2, -0.15) is 0 Å². The number of carbonyl (C=O) groups is 1. The molecular weight excluding hydrogens is 312 g/mol. The molecule has 0 fully saturated rings. The minimum absolute atomic E-state index is 0.198. The molecule has 0 bridgehead atoms. The summed E-state index contributed by atoms with van der Waals surface area (Å²) in [5.74, 6) is 0.493. The zero-order chi connectivity index (χ0) is 16.2. The average molecular weight is 327 g/mol. The van der Waals surface area contributed by atoms with Gasteiger partial charge in [0.2, 0.25) is 0 Å². The first-order chi connectivity index (χ1) is 11.1. The number of rotatable bonds is 4. The highest BCUT2D eigenvalue weighted by atomic mass is 35.5. The number of hydrogen-bond donors (Lipinski definition) is 0. The Balaban J connectivity index is 1.65. The van der Waals surface area contributed by atoms with Crippen LogP contribution in [0.4, 0.5) is 0 Å². The third-order valence-electron chi connectivity index (χ3n) is 3.38. The summed E-state index contributed by atoms with van der Waals surface area (Å²) in [5, 5.41) is 2.57. The van der Waals surface area contributed by atoms with Crippen molar-refractivity contribution in [2.24, 2.45) is 0 Å². The summed E-state index contributed by atoms with van der Waals surface area (Å²) in [4.78, 5) is 11.9. The molecule has 3 rings (SSSR count). The second-order valence-electron chi connectivity index (χ2n) is 5.21. The first-order valence-electron chi connectivity index (χ1n) is 7.20. The summed E-state index contributed by atoms with van der Waals surface area (Å²) >= 11 is 6.03. The van der Waals surface area contributed by atoms with Gasteiger partial charge in [-0.15, -0.1) is 0 Å². The van der Waals surface area contributed by atoms with Crippen LogP contribution in [0.15, 0.2) is 60.7 Å². The van der Waals surface area contributed by atoms with E-state index in [9.17, 15) is 4.79 Å². The Kier molecular flexibility index (Phi) is 4.49. The lowest BCUT2D eigenvalue weighted by molar-refractivity contribution is -0.136. The van der Waals surface area contributed by atoms with E-state index in [-0.39, 0.29) is 6.61 Å². The number of hydrogen-bond acceptors (Lipinski definition) is 3. The molecule has 0 aliphatic carbocycles. The number of aryl methyl sites for hydroxylation is 1. The molecule has 0 N–H and O–H groups in total. The monoisotopic (exact) mass is 326 g/mol. The van der Waals surface area contributed by atoms with E-state index in [2.05, 4.69) is 0 Å². The zero-order valence-electron chi connectivity index (χ0n) is 12.6. The lowest BCUT2D eigenvalue weighted by atomic mass is 10.1. The van der Waals surface area contributed by atoms with Crippen molar-refractivity contribution in [3.05, 3.63) is 71.2 Å². The predicted octanol–water partition coefficient (Wildman–Crippen LogP) is 4.79. The summed E-state index contributed by atoms with van der Waals surface area (Å²) in [5.41, 5.74) is 1.01. The van der Waals surface area contributed by atoms with Crippen LogP contribution in [0.1, 0.15) is 5.56 Å². The third kappa shape index (κ3) is 3.82. The standard InChI is InChI=1S/C19H15ClO3/c1-13-6-9-17(20)18(10-13)22-12-19(21)23-16-8-7-14-4-2-3-5-15(14)11-16/h2-11H,12H2,1H3. The van der Waals surface area contributed by atoms with Gasteiger partial charge in [0.1, 0.15) is 11.5 Å². The van der Waals surface area contributed by atoms with Gasteiger partial charge in [0.25, 0.3) is 0 Å². The Bertz CT molecular complexity index is 858. The summed E-state index contributed by atoms with van der Waals surface area (Å²) in [6.45, 7) is 1.73. The van der Waals surface area contributed by atoms with Gasteiger partial charge in [-0.3, -0.25) is 0 Å². The molecule has 3 nitrogen and oxygen atoms in total. The maximum absolute atomic E-state index is 11.9. The number of fused-ring (bicyclic) bond motifs is 1. The molecule has 0 spiro atoms. The predicted molar refractivity (Wildman–Crippen MR) is 91.3 cm³/mol. The van der Waals surface area contributed by atoms with Gasteiger partial charge in [-0.1, -0.05) is 48.0 Å². The van der Waals surface area contributed by atoms with Crippen LogP contribution in [0, 0.1) is 6.92 Å². The SMILES string of the molecule is Cc1ccc(Cl)c(OCC(=O)Oc2ccc3ccccc3c2)c1. The van der Waals surface area contributed by atoms with Crippen LogP contribution >= 0.6 is 11.6 Å². The molecule has 116 valence electrons. The molecule has 0 heterocycles. The van der Waals surface area contributed by atoms with Crippen molar-refractivity contribution in [2.45, 2.75) is 6.92 Å². The highest BCUT2D eigenvalue weighted by Gasteiger charge is 2.09. The van der Waals surface area contributed by atoms with E-state index in [1.807, 2.05) is 49.4 Å². The van der Waals surface area contributed by atoms with E-state index < -0.39 is 5.97 Å². The Hall–Kier alpha value is -2.52. The van der Waals surface area contributed by atoms with Gasteiger partial charge in [-0.05, 0) is 47.5 Å². The van der Waals surface area contributed by atoms with Crippen molar-refractivity contribution < 1.29 is 14.3 Å². The van der Waals surface area contributed by atoms with Crippen LogP contribution in [0.3, 0.4) is 0 Å². The van der Waals surface area contributed by atoms with Crippen LogP contribution < -0.4 is 9.47 Å². The zero-order valence-corrected chi connectivity index (χ0v) is 13.3. The summed E-state index contributed by atoms with van der Waals surface area (Å²) in [6, 6.07) is 18.8. The Morgan fingerprint density at radius 1 is 1.00 bits per heavy atom. The molecule has 0 atom stereocenters. The summed E-state index contributed by atoms with van der Waals surface area (Å²) in [6.07, 6.45) is 0. The van der Waals surface area contributed by atoms with Gasteiger partial charge in [0.15, 0.2) is 6.61 Å². The minimum atomic E-state index is -0.474. The molecule has 0 amide bonds. The van der Waals surface area contributed by atoms with Crippen LogP contribution in [-0.4, -0.2) is 12.6 Å². The fraction of sp³-hybridized carbons (Fsp3) is 0.105. The number of ether oxygens (including phenoxy) is 2. The lowest BCUT2D eigenvalue weighted by Crippen LogP contribution is -2.17. The molecule has 0 unspecified atom stereocenters. The molecule has 3 aromatic carbocycles. The highest BCUT2D eigenvalue weighted by molar-refractivity contribution is 6.32. The van der Waals surface area contributed by atoms with Crippen LogP contribution in [0.25, 0.3) is 10.8 Å². The molecular formula is C19H15ClO3. The van der Waals surface area contributed by atoms with Gasteiger partial charge >= 0.3 is 5.97 Å². The number of halogens is 1. The summed E-state index contributed by atoms with van der Waals surface area (Å²) in [7, 11) is 0. The smallest absolute Gasteiger partial charge is 0.349 e. The van der Waals surface area contributed by atoms with Crippen LogP contribution in [0.2, 0.25) is 5.02 Å². The van der Waals surface area contributed by atoms with E-state index in [4.69, 9.17) is 21.1 Å². The molecule has 0 aliphatic rings. The van der Waals surface area contributed by atoms with Gasteiger partial charge < -0.3 is 9.47 Å². The van der Waals surface area contributed by atoms with Gasteiger partial charge in [0, 0.05) is 0 Å². The fourth-order valence-electron chi connectivity index (χ4n) is 2.25. The number of carbonyl (C=O) groups excluding carboxylic acids is 1. The summed E-state index contributed by atoms with van der Waals surface area (Å²) < 4.78 is 10.7. The fourth-order valence-corrected chi connectivity index (χ4v) is 2.42. The van der Waals surface area contributed by atoms with Crippen molar-refractivity contribution in [2.75, 3.05) is 6.61 Å². The van der Waals surface area contributed by atoms with E-state index in [0.29, 0.717) is 16.5 Å². The van der Waals surface area contributed by atoms with E-state index >= 15 is 0 Å². The lowest BCUT2D eigenvalue weighted by Gasteiger charge is -2.09. The van der Waals surface area contributed by atoms with Crippen molar-refractivity contribution in [1.82, 2.24) is 0 Å². The average Bonchev–Trinajstić information content (AvgIpc) is 2.55. The molecule has 23 heavy (non-hydrogen) atoms. The molecule has 0 aliphatic heterocycles. The van der Waals surface area contributed by atoms with E-state index in [1.165, 1.54) is 0 Å². The van der Waals surface area contributed by atoms with Crippen molar-refractivity contribution in [3.8, 4) is 11.5 Å². The van der Waals surface area contributed by atoms with Gasteiger partial charge in [-0.25, -0.2) is 4.79 Å². The number of esters is 1. The maximum atomic E-state index is 11.9. The molecule has 0 saturated heterocycles. The quantitative estimate of drug-likeness (QED) is 0.511. The first-order valence-corrected chi connectivity index (χ1v) is 7.58. The normalized spacial score (nSPS) is 10.5. The molecule has 3 aromatic rings. The van der Waals surface area contributed by atoms with Crippen molar-refractivity contribution in [1.29, 1.82) is 0 Å². The van der Waals surface area contributed by atoms with E-state index in [1.54, 1.807) is 18.2 Å². The third-order valence-corrected chi connectivity index (χ3v) is 3.70. The van der Waals surface area contributed by atoms with Crippen LogP contribution in [0.5, 0.6) is 11.5 Å². The Morgan fingerprint density at radius 3 is 2.61 bits per heavy atom. The highest BCUT2D eigenvalue weighted by Crippen LogP contribution is 2.25. The molecule has 0 saturated carbocycles. The molecule has 0 radical (unpaired) electrons. The molecule has 4 heteroatoms. The minimum Gasteiger partial charge on any atom is -0.480 e. The number of benzene rings is 3. The van der Waals surface area contributed by atoms with Gasteiger partial charge in [0.05, 0.1) is 5.02 Å². The van der Waals surface area contributed by atoms with Crippen LogP contribution in [-0.2, 0) is 4.79 Å². The second-order valence-corrected chi connectivity index (χ2v) is 5.61. The van der Waals surface area contributed by atoms with Crippen molar-refractivity contribution in [3.63, 3.8) is 0 Å². The van der Waals surface area contributed by atoms with E-state index in [0.717, 1.165) is 16.3 Å². The molecule has 0 aromatic heterocycles.